The van der Waals surface area contributed by atoms with Gasteiger partial charge in [-0.1, -0.05) is 0 Å². The van der Waals surface area contributed by atoms with E-state index in [1.54, 1.807) is 0 Å². The molecule has 0 unspecified atom stereocenters. The van der Waals surface area contributed by atoms with Crippen LogP contribution in [0.15, 0.2) is 0 Å². The third-order valence-electron chi connectivity index (χ3n) is 0.750. The topological polar surface area (TPSA) is 72.2 Å². The van der Waals surface area contributed by atoms with Crippen LogP contribution in [0.25, 0.3) is 0 Å². The Morgan fingerprint density at radius 2 is 2.11 bits per heavy atom. The van der Waals surface area contributed by atoms with Crippen molar-refractivity contribution in [1.82, 2.24) is 5.32 Å². The third-order valence-corrected chi connectivity index (χ3v) is 0.750. The van der Waals surface area contributed by atoms with Crippen LogP contribution in [0, 0.1) is 0 Å². The maximum Gasteiger partial charge on any atom is 0.287 e. The second kappa shape index (κ2) is 4.03. The number of rotatable bonds is 3. The molecule has 0 fully saturated rings. The maximum atomic E-state index is 10.4. The van der Waals surface area contributed by atoms with Crippen LogP contribution in [-0.4, -0.2) is 24.8 Å². The number of hydrogen-bond acceptors (Lipinski definition) is 3. The lowest BCUT2D eigenvalue weighted by molar-refractivity contribution is -0.136. The second-order valence-corrected chi connectivity index (χ2v) is 1.60. The monoisotopic (exact) mass is 130 g/mol. The van der Waals surface area contributed by atoms with Crippen molar-refractivity contribution in [3.05, 3.63) is 0 Å². The van der Waals surface area contributed by atoms with E-state index in [0.717, 1.165) is 0 Å². The molecule has 0 aromatic rings. The molecule has 52 valence electrons. The van der Waals surface area contributed by atoms with E-state index in [1.165, 1.54) is 6.92 Å². The molecule has 0 radical (unpaired) electrons. The van der Waals surface area contributed by atoms with Crippen LogP contribution in [0.2, 0.25) is 0 Å². The molecule has 0 saturated carbocycles. The molecule has 4 nitrogen and oxygen atoms in total. The Morgan fingerprint density at radius 3 is 2.44 bits per heavy atom. The lowest BCUT2D eigenvalue weighted by atomic mass is 10.4. The lowest BCUT2D eigenvalue weighted by Crippen LogP contribution is -2.33. The summed E-state index contributed by atoms with van der Waals surface area (Å²) in [6.45, 7) is 1.93. The van der Waals surface area contributed by atoms with Gasteiger partial charge in [-0.3, -0.25) is 9.59 Å². The molecular weight excluding hydrogens is 120 g/mol. The van der Waals surface area contributed by atoms with Gasteiger partial charge in [0.1, 0.15) is 0 Å². The van der Waals surface area contributed by atoms with Gasteiger partial charge in [0.2, 0.25) is 5.78 Å². The minimum absolute atomic E-state index is 0.360. The van der Waals surface area contributed by atoms with E-state index in [-0.39, 0.29) is 0 Å². The highest BCUT2D eigenvalue weighted by Gasteiger charge is 2.03. The van der Waals surface area contributed by atoms with E-state index in [9.17, 15) is 9.59 Å². The van der Waals surface area contributed by atoms with E-state index in [4.69, 9.17) is 5.73 Å². The summed E-state index contributed by atoms with van der Waals surface area (Å²) in [5.74, 6) is -1.05. The van der Waals surface area contributed by atoms with E-state index in [1.807, 2.05) is 0 Å². The number of carbonyl (C=O) groups excluding carboxylic acids is 2. The predicted molar refractivity (Wildman–Crippen MR) is 32.7 cm³/mol. The average Bonchev–Trinajstić information content (AvgIpc) is 1.82. The van der Waals surface area contributed by atoms with Crippen molar-refractivity contribution in [2.24, 2.45) is 5.73 Å². The van der Waals surface area contributed by atoms with Crippen LogP contribution in [0.3, 0.4) is 0 Å². The molecule has 0 atom stereocenters. The molecule has 0 rings (SSSR count). The number of nitrogens with one attached hydrogen (secondary N) is 1. The summed E-state index contributed by atoms with van der Waals surface area (Å²) in [5.41, 5.74) is 5.05. The highest BCUT2D eigenvalue weighted by molar-refractivity contribution is 6.35. The quantitative estimate of drug-likeness (QED) is 0.464. The van der Waals surface area contributed by atoms with Crippen molar-refractivity contribution < 1.29 is 9.59 Å². The summed E-state index contributed by atoms with van der Waals surface area (Å²) in [7, 11) is 0. The summed E-state index contributed by atoms with van der Waals surface area (Å²) in [6, 6.07) is 0. The highest BCUT2D eigenvalue weighted by Crippen LogP contribution is 1.66. The van der Waals surface area contributed by atoms with Gasteiger partial charge in [-0.15, -0.1) is 0 Å². The minimum Gasteiger partial charge on any atom is -0.348 e. The van der Waals surface area contributed by atoms with Gasteiger partial charge in [-0.2, -0.15) is 0 Å². The Balaban J connectivity index is 3.39. The van der Waals surface area contributed by atoms with Crippen LogP contribution in [-0.2, 0) is 9.59 Å². The average molecular weight is 130 g/mol. The van der Waals surface area contributed by atoms with Crippen molar-refractivity contribution in [2.75, 3.05) is 13.1 Å². The zero-order valence-corrected chi connectivity index (χ0v) is 5.31. The van der Waals surface area contributed by atoms with Gasteiger partial charge in [-0.25, -0.2) is 0 Å². The Bertz CT molecular complexity index is 122. The van der Waals surface area contributed by atoms with Crippen molar-refractivity contribution in [3.8, 4) is 0 Å². The van der Waals surface area contributed by atoms with Gasteiger partial charge < -0.3 is 11.1 Å². The first-order chi connectivity index (χ1) is 4.18. The van der Waals surface area contributed by atoms with Crippen LogP contribution in [0.4, 0.5) is 0 Å². The molecule has 0 spiro atoms. The predicted octanol–water partition coefficient (Wildman–Crippen LogP) is -1.35. The highest BCUT2D eigenvalue weighted by atomic mass is 16.2. The number of ketones is 1. The summed E-state index contributed by atoms with van der Waals surface area (Å²) in [5, 5.41) is 2.32. The minimum atomic E-state index is -0.569. The first-order valence-corrected chi connectivity index (χ1v) is 2.67. The van der Waals surface area contributed by atoms with Gasteiger partial charge in [0.25, 0.3) is 5.91 Å². The fourth-order valence-corrected chi connectivity index (χ4v) is 0.310. The summed E-state index contributed by atoms with van der Waals surface area (Å²) < 4.78 is 0. The van der Waals surface area contributed by atoms with Crippen molar-refractivity contribution in [2.45, 2.75) is 6.92 Å². The van der Waals surface area contributed by atoms with Crippen molar-refractivity contribution in [3.63, 3.8) is 0 Å². The third kappa shape index (κ3) is 3.66. The molecule has 9 heavy (non-hydrogen) atoms. The molecule has 0 aliphatic rings. The van der Waals surface area contributed by atoms with Crippen molar-refractivity contribution >= 4 is 11.7 Å². The molecule has 0 aliphatic heterocycles. The molecule has 0 aromatic heterocycles. The normalized spacial score (nSPS) is 8.67. The Hall–Kier alpha value is -0.900. The smallest absolute Gasteiger partial charge is 0.287 e. The largest absolute Gasteiger partial charge is 0.348 e. The first kappa shape index (κ1) is 8.10. The van der Waals surface area contributed by atoms with E-state index >= 15 is 0 Å². The molecule has 1 amide bonds. The fourth-order valence-electron chi connectivity index (χ4n) is 0.310. The van der Waals surface area contributed by atoms with Gasteiger partial charge in [-0.05, 0) is 0 Å². The van der Waals surface area contributed by atoms with Crippen LogP contribution >= 0.6 is 0 Å². The van der Waals surface area contributed by atoms with Crippen LogP contribution in [0.5, 0.6) is 0 Å². The molecule has 3 N–H and O–H groups in total. The Labute approximate surface area is 53.4 Å². The number of nitrogens with two attached hydrogens (primary N) is 1. The van der Waals surface area contributed by atoms with Crippen molar-refractivity contribution in [1.29, 1.82) is 0 Å². The van der Waals surface area contributed by atoms with Gasteiger partial charge in [0.15, 0.2) is 0 Å². The fraction of sp³-hybridized carbons (Fsp3) is 0.600. The molecule has 0 aromatic carbocycles. The standard InChI is InChI=1S/C5H10N2O2/c1-4(8)5(9)7-3-2-6/h2-3,6H2,1H3,(H,7,9). The number of hydrogen-bond donors (Lipinski definition) is 2. The van der Waals surface area contributed by atoms with Crippen LogP contribution in [0.1, 0.15) is 6.92 Å². The summed E-state index contributed by atoms with van der Waals surface area (Å²) in [6.07, 6.45) is 0. The Kier molecular flexibility index (Phi) is 3.62. The zero-order valence-electron chi connectivity index (χ0n) is 5.31. The molecule has 0 saturated heterocycles. The second-order valence-electron chi connectivity index (χ2n) is 1.60. The van der Waals surface area contributed by atoms with Crippen LogP contribution < -0.4 is 11.1 Å². The van der Waals surface area contributed by atoms with E-state index in [2.05, 4.69) is 5.32 Å². The lowest BCUT2D eigenvalue weighted by Gasteiger charge is -1.96. The maximum absolute atomic E-state index is 10.4. The Morgan fingerprint density at radius 1 is 1.56 bits per heavy atom. The van der Waals surface area contributed by atoms with Gasteiger partial charge >= 0.3 is 0 Å². The molecule has 0 heterocycles. The number of amides is 1. The molecule has 0 bridgehead atoms. The van der Waals surface area contributed by atoms with Gasteiger partial charge in [0.05, 0.1) is 0 Å². The summed E-state index contributed by atoms with van der Waals surface area (Å²) in [4.78, 5) is 20.6. The molecular formula is C5H10N2O2. The van der Waals surface area contributed by atoms with E-state index in [0.29, 0.717) is 13.1 Å². The van der Waals surface area contributed by atoms with E-state index < -0.39 is 11.7 Å². The summed E-state index contributed by atoms with van der Waals surface area (Å²) >= 11 is 0. The number of carbonyl (C=O) groups is 2. The zero-order chi connectivity index (χ0) is 7.28. The molecule has 0 aliphatic carbocycles. The SMILES string of the molecule is CC(=O)C(=O)NCCN. The first-order valence-electron chi connectivity index (χ1n) is 2.67. The number of Topliss-reactive ketones (excluding diaryl/α,β-unsaturated/α-hetero) is 1. The van der Waals surface area contributed by atoms with Gasteiger partial charge in [0, 0.05) is 20.0 Å². The molecule has 4 heteroatoms.